The lowest BCUT2D eigenvalue weighted by molar-refractivity contribution is 0.0729. The molecule has 1 fully saturated rings. The smallest absolute Gasteiger partial charge is 0.288 e. The van der Waals surface area contributed by atoms with E-state index in [0.29, 0.717) is 34.5 Å². The second-order valence-corrected chi connectivity index (χ2v) is 7.14. The lowest BCUT2D eigenvalue weighted by Crippen LogP contribution is -2.32. The topological polar surface area (TPSA) is 49.8 Å². The van der Waals surface area contributed by atoms with Crippen molar-refractivity contribution in [2.75, 3.05) is 7.11 Å². The molecular formula is C19H19F2NO3S. The summed E-state index contributed by atoms with van der Waals surface area (Å²) >= 11 is 0.458. The van der Waals surface area contributed by atoms with Crippen LogP contribution in [0.3, 0.4) is 0 Å². The molecule has 0 atom stereocenters. The summed E-state index contributed by atoms with van der Waals surface area (Å²) in [5.74, 6) is -2.20. The third kappa shape index (κ3) is 4.46. The molecular weight excluding hydrogens is 360 g/mol. The van der Waals surface area contributed by atoms with E-state index in [1.54, 1.807) is 47.4 Å². The number of benzene rings is 2. The molecule has 2 aromatic carbocycles. The zero-order chi connectivity index (χ0) is 18.7. The lowest BCUT2D eigenvalue weighted by Gasteiger charge is -2.23. The van der Waals surface area contributed by atoms with Gasteiger partial charge in [-0.1, -0.05) is 17.8 Å². The molecule has 0 spiro atoms. The van der Waals surface area contributed by atoms with Crippen LogP contribution in [0.5, 0.6) is 11.5 Å². The monoisotopic (exact) mass is 379 g/mol. The highest BCUT2D eigenvalue weighted by molar-refractivity contribution is 7.99. The number of carbonyl (C=O) groups excluding carboxylic acids is 1. The molecule has 0 aliphatic heterocycles. The number of methoxy groups -OCH3 is 1. The Kier molecular flexibility index (Phi) is 5.66. The van der Waals surface area contributed by atoms with E-state index in [9.17, 15) is 18.7 Å². The summed E-state index contributed by atoms with van der Waals surface area (Å²) in [4.78, 5) is 15.1. The van der Waals surface area contributed by atoms with Crippen LogP contribution in [0.1, 0.15) is 28.8 Å². The molecule has 7 heteroatoms. The summed E-state index contributed by atoms with van der Waals surface area (Å²) in [5.41, 5.74) is 1.33. The number of halogens is 2. The van der Waals surface area contributed by atoms with Crippen LogP contribution in [0.25, 0.3) is 0 Å². The molecule has 26 heavy (non-hydrogen) atoms. The Labute approximate surface area is 154 Å². The molecule has 0 radical (unpaired) electrons. The molecule has 0 saturated heterocycles. The summed E-state index contributed by atoms with van der Waals surface area (Å²) in [6.07, 6.45) is 1.89. The van der Waals surface area contributed by atoms with Crippen LogP contribution >= 0.6 is 11.8 Å². The molecule has 138 valence electrons. The average Bonchev–Trinajstić information content (AvgIpc) is 3.45. The van der Waals surface area contributed by atoms with E-state index in [1.807, 2.05) is 0 Å². The maximum Gasteiger partial charge on any atom is 0.288 e. The quantitative estimate of drug-likeness (QED) is 0.719. The Bertz CT molecular complexity index is 779. The van der Waals surface area contributed by atoms with Crippen molar-refractivity contribution < 1.29 is 23.4 Å². The zero-order valence-electron chi connectivity index (χ0n) is 14.2. The first-order chi connectivity index (χ1) is 12.5. The van der Waals surface area contributed by atoms with Gasteiger partial charge in [-0.2, -0.15) is 8.78 Å². The highest BCUT2D eigenvalue weighted by atomic mass is 32.2. The van der Waals surface area contributed by atoms with E-state index in [2.05, 4.69) is 0 Å². The van der Waals surface area contributed by atoms with Crippen molar-refractivity contribution in [1.82, 2.24) is 4.90 Å². The first-order valence-electron chi connectivity index (χ1n) is 8.19. The second-order valence-electron chi connectivity index (χ2n) is 6.07. The molecule has 3 rings (SSSR count). The molecule has 4 nitrogen and oxygen atoms in total. The van der Waals surface area contributed by atoms with Crippen molar-refractivity contribution in [2.45, 2.75) is 36.1 Å². The van der Waals surface area contributed by atoms with Crippen LogP contribution in [0.4, 0.5) is 8.78 Å². The lowest BCUT2D eigenvalue weighted by atomic mass is 10.1. The van der Waals surface area contributed by atoms with Gasteiger partial charge in [0.05, 0.1) is 7.11 Å². The van der Waals surface area contributed by atoms with E-state index in [4.69, 9.17) is 4.74 Å². The van der Waals surface area contributed by atoms with Gasteiger partial charge in [0.2, 0.25) is 0 Å². The fourth-order valence-electron chi connectivity index (χ4n) is 2.71. The standard InChI is InChI=1S/C19H19F2NO3S/c1-25-17-10-12(2-9-16(17)23)11-22(14-5-6-14)18(24)13-3-7-15(8-4-13)26-19(20)21/h2-4,7-10,14,19,23H,5-6,11H2,1H3. The number of ether oxygens (including phenoxy) is 1. The second kappa shape index (κ2) is 7.95. The normalized spacial score (nSPS) is 13.7. The van der Waals surface area contributed by atoms with Gasteiger partial charge in [0.25, 0.3) is 11.7 Å². The van der Waals surface area contributed by atoms with Crippen molar-refractivity contribution >= 4 is 17.7 Å². The van der Waals surface area contributed by atoms with E-state index in [0.717, 1.165) is 18.4 Å². The highest BCUT2D eigenvalue weighted by Crippen LogP contribution is 2.33. The van der Waals surface area contributed by atoms with E-state index >= 15 is 0 Å². The van der Waals surface area contributed by atoms with Crippen molar-refractivity contribution in [3.8, 4) is 11.5 Å². The minimum absolute atomic E-state index is 0.0488. The van der Waals surface area contributed by atoms with Crippen LogP contribution in [0, 0.1) is 0 Å². The maximum absolute atomic E-state index is 12.9. The van der Waals surface area contributed by atoms with Crippen LogP contribution in [-0.4, -0.2) is 34.8 Å². The summed E-state index contributed by atoms with van der Waals surface area (Å²) in [7, 11) is 1.47. The van der Waals surface area contributed by atoms with Gasteiger partial charge in [0.1, 0.15) is 0 Å². The molecule has 0 aromatic heterocycles. The summed E-state index contributed by atoms with van der Waals surface area (Å²) in [6.45, 7) is 0.397. The summed E-state index contributed by atoms with van der Waals surface area (Å²) in [5, 5.41) is 9.71. The Hall–Kier alpha value is -2.28. The van der Waals surface area contributed by atoms with Gasteiger partial charge < -0.3 is 14.7 Å². The Morgan fingerprint density at radius 2 is 1.96 bits per heavy atom. The predicted molar refractivity (Wildman–Crippen MR) is 95.9 cm³/mol. The van der Waals surface area contributed by atoms with Crippen LogP contribution in [0.2, 0.25) is 0 Å². The predicted octanol–water partition coefficient (Wildman–Crippen LogP) is 4.52. The number of hydrogen-bond acceptors (Lipinski definition) is 4. The number of carbonyl (C=O) groups is 1. The molecule has 0 bridgehead atoms. The molecule has 1 aliphatic carbocycles. The Balaban J connectivity index is 1.76. The van der Waals surface area contributed by atoms with Gasteiger partial charge in [-0.15, -0.1) is 0 Å². The van der Waals surface area contributed by atoms with Crippen molar-refractivity contribution in [2.24, 2.45) is 0 Å². The molecule has 0 heterocycles. The average molecular weight is 379 g/mol. The summed E-state index contributed by atoms with van der Waals surface area (Å²) < 4.78 is 29.9. The van der Waals surface area contributed by atoms with E-state index < -0.39 is 5.76 Å². The number of phenolic OH excluding ortho intramolecular Hbond substituents is 1. The number of alkyl halides is 2. The largest absolute Gasteiger partial charge is 0.504 e. The minimum atomic E-state index is -2.48. The molecule has 0 unspecified atom stereocenters. The molecule has 1 aliphatic rings. The number of rotatable bonds is 7. The number of aromatic hydroxyl groups is 1. The Morgan fingerprint density at radius 1 is 1.27 bits per heavy atom. The third-order valence-corrected chi connectivity index (χ3v) is 4.89. The fourth-order valence-corrected chi connectivity index (χ4v) is 3.21. The first kappa shape index (κ1) is 18.5. The first-order valence-corrected chi connectivity index (χ1v) is 9.07. The maximum atomic E-state index is 12.9. The third-order valence-electron chi connectivity index (χ3n) is 4.17. The van der Waals surface area contributed by atoms with Gasteiger partial charge in [0.15, 0.2) is 11.5 Å². The van der Waals surface area contributed by atoms with E-state index in [1.165, 1.54) is 7.11 Å². The van der Waals surface area contributed by atoms with Gasteiger partial charge >= 0.3 is 0 Å². The van der Waals surface area contributed by atoms with Crippen molar-refractivity contribution in [1.29, 1.82) is 0 Å². The molecule has 1 saturated carbocycles. The van der Waals surface area contributed by atoms with Crippen LogP contribution in [-0.2, 0) is 6.54 Å². The van der Waals surface area contributed by atoms with Crippen molar-refractivity contribution in [3.63, 3.8) is 0 Å². The number of hydrogen-bond donors (Lipinski definition) is 1. The number of thioether (sulfide) groups is 1. The van der Waals surface area contributed by atoms with Crippen LogP contribution < -0.4 is 4.74 Å². The number of nitrogens with zero attached hydrogens (tertiary/aromatic N) is 1. The van der Waals surface area contributed by atoms with Crippen LogP contribution in [0.15, 0.2) is 47.4 Å². The number of amides is 1. The Morgan fingerprint density at radius 3 is 2.54 bits per heavy atom. The number of phenols is 1. The minimum Gasteiger partial charge on any atom is -0.504 e. The summed E-state index contributed by atoms with van der Waals surface area (Å²) in [6, 6.07) is 11.4. The van der Waals surface area contributed by atoms with E-state index in [-0.39, 0.29) is 17.7 Å². The van der Waals surface area contributed by atoms with Crippen molar-refractivity contribution in [3.05, 3.63) is 53.6 Å². The van der Waals surface area contributed by atoms with Gasteiger partial charge in [0, 0.05) is 23.0 Å². The zero-order valence-corrected chi connectivity index (χ0v) is 15.0. The fraction of sp³-hybridized carbons (Fsp3) is 0.316. The highest BCUT2D eigenvalue weighted by Gasteiger charge is 2.33. The van der Waals surface area contributed by atoms with Gasteiger partial charge in [-0.3, -0.25) is 4.79 Å². The molecule has 1 N–H and O–H groups in total. The molecule has 2 aromatic rings. The molecule has 1 amide bonds. The van der Waals surface area contributed by atoms with Gasteiger partial charge in [-0.25, -0.2) is 0 Å². The van der Waals surface area contributed by atoms with Gasteiger partial charge in [-0.05, 0) is 54.8 Å². The SMILES string of the molecule is COc1cc(CN(C(=O)c2ccc(SC(F)F)cc2)C2CC2)ccc1O.